The second kappa shape index (κ2) is 6.99. The van der Waals surface area contributed by atoms with Gasteiger partial charge in [0.25, 0.3) is 10.0 Å². The molecule has 6 nitrogen and oxygen atoms in total. The highest BCUT2D eigenvalue weighted by Gasteiger charge is 2.24. The van der Waals surface area contributed by atoms with E-state index in [0.717, 1.165) is 11.1 Å². The van der Waals surface area contributed by atoms with E-state index in [1.54, 1.807) is 12.1 Å². The minimum Gasteiger partial charge on any atom is -0.447 e. The summed E-state index contributed by atoms with van der Waals surface area (Å²) in [5, 5.41) is 0. The predicted molar refractivity (Wildman–Crippen MR) is 101 cm³/mol. The first kappa shape index (κ1) is 18.3. The average Bonchev–Trinajstić information content (AvgIpc) is 3.02. The zero-order valence-corrected chi connectivity index (χ0v) is 15.8. The number of nitrogens with one attached hydrogen (secondary N) is 1. The number of sulfonamides is 1. The molecule has 0 radical (unpaired) electrons. The van der Waals surface area contributed by atoms with Crippen molar-refractivity contribution >= 4 is 27.5 Å². The van der Waals surface area contributed by atoms with Crippen molar-refractivity contribution in [2.75, 3.05) is 22.8 Å². The Hall–Kier alpha value is -2.54. The maximum absolute atomic E-state index is 12.8. The lowest BCUT2D eigenvalue weighted by molar-refractivity contribution is 0.181. The summed E-state index contributed by atoms with van der Waals surface area (Å²) >= 11 is 0. The number of anilines is 2. The summed E-state index contributed by atoms with van der Waals surface area (Å²) in [5.74, 6) is 0.191. The minimum atomic E-state index is -3.73. The van der Waals surface area contributed by atoms with Gasteiger partial charge in [0, 0.05) is 5.69 Å². The van der Waals surface area contributed by atoms with Crippen LogP contribution in [0.2, 0.25) is 0 Å². The number of cyclic esters (lactones) is 1. The lowest BCUT2D eigenvalue weighted by Gasteiger charge is -2.18. The van der Waals surface area contributed by atoms with Crippen LogP contribution in [0.25, 0.3) is 0 Å². The fourth-order valence-corrected chi connectivity index (χ4v) is 4.10. The van der Waals surface area contributed by atoms with E-state index in [1.807, 2.05) is 39.0 Å². The van der Waals surface area contributed by atoms with Gasteiger partial charge in [-0.3, -0.25) is 9.62 Å². The van der Waals surface area contributed by atoms with Crippen molar-refractivity contribution in [2.24, 2.45) is 0 Å². The summed E-state index contributed by atoms with van der Waals surface area (Å²) in [5.41, 5.74) is 3.06. The molecule has 0 aliphatic carbocycles. The number of amides is 1. The molecule has 1 N–H and O–H groups in total. The highest BCUT2D eigenvalue weighted by Crippen LogP contribution is 2.30. The molecule has 1 fully saturated rings. The summed E-state index contributed by atoms with van der Waals surface area (Å²) in [6.07, 6.45) is -0.416. The second-order valence-electron chi connectivity index (χ2n) is 6.56. The fraction of sp³-hybridized carbons (Fsp3) is 0.316. The molecule has 1 aliphatic rings. The fourth-order valence-electron chi connectivity index (χ4n) is 2.94. The van der Waals surface area contributed by atoms with Gasteiger partial charge in [-0.25, -0.2) is 13.2 Å². The van der Waals surface area contributed by atoms with Gasteiger partial charge in [0.05, 0.1) is 17.1 Å². The second-order valence-corrected chi connectivity index (χ2v) is 8.24. The van der Waals surface area contributed by atoms with Crippen LogP contribution in [0.5, 0.6) is 0 Å². The molecule has 0 bridgehead atoms. The third-order valence-electron chi connectivity index (χ3n) is 4.38. The molecule has 1 heterocycles. The zero-order chi connectivity index (χ0) is 18.9. The molecule has 2 aromatic carbocycles. The monoisotopic (exact) mass is 374 g/mol. The van der Waals surface area contributed by atoms with E-state index < -0.39 is 16.1 Å². The van der Waals surface area contributed by atoms with E-state index in [0.29, 0.717) is 24.5 Å². The van der Waals surface area contributed by atoms with Crippen LogP contribution in [0.3, 0.4) is 0 Å². The summed E-state index contributed by atoms with van der Waals surface area (Å²) < 4.78 is 33.2. The first-order valence-corrected chi connectivity index (χ1v) is 9.94. The van der Waals surface area contributed by atoms with E-state index in [1.165, 1.54) is 17.0 Å². The molecule has 0 saturated carbocycles. The Bertz CT molecular complexity index is 921. The van der Waals surface area contributed by atoms with Gasteiger partial charge in [0.15, 0.2) is 0 Å². The van der Waals surface area contributed by atoms with Crippen LogP contribution >= 0.6 is 0 Å². The van der Waals surface area contributed by atoms with Crippen molar-refractivity contribution in [3.8, 4) is 0 Å². The van der Waals surface area contributed by atoms with Gasteiger partial charge < -0.3 is 4.74 Å². The van der Waals surface area contributed by atoms with Gasteiger partial charge in [0.2, 0.25) is 0 Å². The van der Waals surface area contributed by atoms with Gasteiger partial charge >= 0.3 is 6.09 Å². The first-order valence-electron chi connectivity index (χ1n) is 8.46. The van der Waals surface area contributed by atoms with E-state index >= 15 is 0 Å². The Kier molecular flexibility index (Phi) is 4.91. The van der Waals surface area contributed by atoms with Gasteiger partial charge in [-0.05, 0) is 48.2 Å². The third-order valence-corrected chi connectivity index (χ3v) is 5.75. The number of nitrogens with zero attached hydrogens (tertiary/aromatic N) is 1. The number of rotatable bonds is 5. The summed E-state index contributed by atoms with van der Waals surface area (Å²) in [4.78, 5) is 13.2. The average molecular weight is 374 g/mol. The predicted octanol–water partition coefficient (Wildman–Crippen LogP) is 3.88. The lowest BCUT2D eigenvalue weighted by Crippen LogP contribution is -2.23. The van der Waals surface area contributed by atoms with Crippen molar-refractivity contribution in [3.05, 3.63) is 53.6 Å². The van der Waals surface area contributed by atoms with Crippen LogP contribution < -0.4 is 9.62 Å². The van der Waals surface area contributed by atoms with Gasteiger partial charge in [-0.2, -0.15) is 0 Å². The summed E-state index contributed by atoms with van der Waals surface area (Å²) in [6.45, 7) is 6.73. The van der Waals surface area contributed by atoms with Crippen LogP contribution in [-0.2, 0) is 14.8 Å². The van der Waals surface area contributed by atoms with E-state index in [9.17, 15) is 13.2 Å². The van der Waals surface area contributed by atoms with Crippen LogP contribution in [-0.4, -0.2) is 27.7 Å². The molecule has 1 aliphatic heterocycles. The van der Waals surface area contributed by atoms with E-state index in [-0.39, 0.29) is 10.8 Å². The van der Waals surface area contributed by atoms with Gasteiger partial charge in [-0.1, -0.05) is 32.0 Å². The molecule has 2 aromatic rings. The van der Waals surface area contributed by atoms with Crippen molar-refractivity contribution in [1.29, 1.82) is 0 Å². The quantitative estimate of drug-likeness (QED) is 0.862. The van der Waals surface area contributed by atoms with Crippen molar-refractivity contribution in [3.63, 3.8) is 0 Å². The molecule has 138 valence electrons. The molecule has 26 heavy (non-hydrogen) atoms. The molecular formula is C19H22N2O4S. The first-order chi connectivity index (χ1) is 12.3. The van der Waals surface area contributed by atoms with E-state index in [2.05, 4.69) is 4.72 Å². The highest BCUT2D eigenvalue weighted by atomic mass is 32.2. The Morgan fingerprint density at radius 3 is 2.38 bits per heavy atom. The molecule has 0 atom stereocenters. The Morgan fingerprint density at radius 2 is 1.81 bits per heavy atom. The smallest absolute Gasteiger partial charge is 0.414 e. The minimum absolute atomic E-state index is 0.145. The molecular weight excluding hydrogens is 352 g/mol. The molecule has 7 heteroatoms. The van der Waals surface area contributed by atoms with Crippen molar-refractivity contribution in [1.82, 2.24) is 0 Å². The normalized spacial score (nSPS) is 14.6. The Labute approximate surface area is 153 Å². The number of carbonyl (C=O) groups excluding carboxylic acids is 1. The number of hydrogen-bond acceptors (Lipinski definition) is 4. The van der Waals surface area contributed by atoms with Crippen LogP contribution in [0, 0.1) is 6.92 Å². The summed E-state index contributed by atoms with van der Waals surface area (Å²) in [6, 6.07) is 12.0. The lowest BCUT2D eigenvalue weighted by atomic mass is 9.99. The van der Waals surface area contributed by atoms with Crippen LogP contribution in [0.15, 0.2) is 47.4 Å². The molecule has 0 unspecified atom stereocenters. The highest BCUT2D eigenvalue weighted by molar-refractivity contribution is 7.92. The van der Waals surface area contributed by atoms with Gasteiger partial charge in [0.1, 0.15) is 6.61 Å². The molecule has 1 saturated heterocycles. The number of ether oxygens (including phenoxy) is 1. The standard InChI is InChI=1S/C19H22N2O4S/c1-13(2)17-6-4-5-14(3)18(17)20-26(23,24)16-9-7-15(8-10-16)21-11-12-25-19(21)22/h4-10,13,20H,11-12H2,1-3H3. The molecule has 0 spiro atoms. The van der Waals surface area contributed by atoms with Gasteiger partial charge in [-0.15, -0.1) is 0 Å². The van der Waals surface area contributed by atoms with Crippen molar-refractivity contribution < 1.29 is 17.9 Å². The van der Waals surface area contributed by atoms with Crippen molar-refractivity contribution in [2.45, 2.75) is 31.6 Å². The topological polar surface area (TPSA) is 75.7 Å². The Morgan fingerprint density at radius 1 is 1.12 bits per heavy atom. The third kappa shape index (κ3) is 3.53. The Balaban J connectivity index is 1.89. The number of aryl methyl sites for hydroxylation is 1. The maximum atomic E-state index is 12.8. The maximum Gasteiger partial charge on any atom is 0.414 e. The SMILES string of the molecule is Cc1cccc(C(C)C)c1NS(=O)(=O)c1ccc(N2CCOC2=O)cc1. The largest absolute Gasteiger partial charge is 0.447 e. The molecule has 0 aromatic heterocycles. The summed E-state index contributed by atoms with van der Waals surface area (Å²) in [7, 11) is -3.73. The van der Waals surface area contributed by atoms with E-state index in [4.69, 9.17) is 4.74 Å². The molecule has 3 rings (SSSR count). The number of para-hydroxylation sites is 1. The van der Waals surface area contributed by atoms with Crippen LogP contribution in [0.4, 0.5) is 16.2 Å². The number of hydrogen-bond donors (Lipinski definition) is 1. The molecule has 1 amide bonds. The number of carbonyl (C=O) groups is 1. The number of benzene rings is 2. The van der Waals surface area contributed by atoms with Crippen LogP contribution in [0.1, 0.15) is 30.9 Å². The zero-order valence-electron chi connectivity index (χ0n) is 15.0.